The van der Waals surface area contributed by atoms with Crippen molar-refractivity contribution in [2.24, 2.45) is 10.2 Å². The van der Waals surface area contributed by atoms with E-state index in [2.05, 4.69) is 31.9 Å². The van der Waals surface area contributed by atoms with Crippen LogP contribution in [0.4, 0.5) is 21.4 Å². The van der Waals surface area contributed by atoms with Gasteiger partial charge < -0.3 is 14.3 Å². The van der Waals surface area contributed by atoms with Crippen LogP contribution in [-0.4, -0.2) is 51.6 Å². The van der Waals surface area contributed by atoms with Gasteiger partial charge in [0.15, 0.2) is 11.5 Å². The molecule has 0 aliphatic heterocycles. The first-order chi connectivity index (χ1) is 22.9. The van der Waals surface area contributed by atoms with Gasteiger partial charge in [-0.25, -0.2) is 31.3 Å². The zero-order chi connectivity index (χ0) is 35.1. The van der Waals surface area contributed by atoms with Crippen LogP contribution in [0.5, 0.6) is 0 Å². The Kier molecular flexibility index (Phi) is 14.8. The number of urea groups is 2. The van der Waals surface area contributed by atoms with E-state index in [9.17, 15) is 39.4 Å². The van der Waals surface area contributed by atoms with Crippen molar-refractivity contribution in [3.8, 4) is 0 Å². The number of carbonyl (C=O) groups excluding carboxylic acids is 4. The van der Waals surface area contributed by atoms with Crippen LogP contribution in [0.1, 0.15) is 32.2 Å². The van der Waals surface area contributed by atoms with Crippen LogP contribution in [0.2, 0.25) is 10.0 Å². The minimum absolute atomic E-state index is 0. The van der Waals surface area contributed by atoms with Crippen molar-refractivity contribution in [3.63, 3.8) is 0 Å². The maximum absolute atomic E-state index is 11.7. The average molecular weight is 721 g/mol. The van der Waals surface area contributed by atoms with E-state index in [1.807, 2.05) is 10.9 Å². The third-order valence-electron chi connectivity index (χ3n) is 5.09. The summed E-state index contributed by atoms with van der Waals surface area (Å²) in [5.74, 6) is -1.84. The molecule has 4 aromatic rings. The Morgan fingerprint density at radius 2 is 0.939 bits per heavy atom. The molecule has 0 spiro atoms. The Bertz CT molecular complexity index is 1710. The summed E-state index contributed by atoms with van der Waals surface area (Å²) in [5, 5.41) is 28.8. The standard InChI is InChI=1S/2C13H10ClN5O5.H2O/c2*14-9-3-1-8(2-4-9)12(20)16-18-13(21)17-15-7-10-5-6-11(24-10)19(22)23;/h2*1-7H,(H,16,20)(H2,17,18,21);1H2/b2*15-7+;. The van der Waals surface area contributed by atoms with Crippen molar-refractivity contribution < 1.29 is 43.3 Å². The monoisotopic (exact) mass is 720 g/mol. The molecule has 6 amide bonds. The quantitative estimate of drug-likeness (QED) is 0.0878. The fraction of sp³-hybridized carbons (Fsp3) is 0. The van der Waals surface area contributed by atoms with E-state index in [1.165, 1.54) is 60.7 Å². The number of carbonyl (C=O) groups is 4. The number of amides is 6. The number of nitrogens with one attached hydrogen (secondary N) is 6. The molecule has 0 fully saturated rings. The molecule has 0 aliphatic carbocycles. The molecule has 0 atom stereocenters. The molecule has 2 aromatic carbocycles. The highest BCUT2D eigenvalue weighted by Crippen LogP contribution is 2.15. The molecule has 23 heteroatoms. The third-order valence-corrected chi connectivity index (χ3v) is 5.60. The van der Waals surface area contributed by atoms with Gasteiger partial charge in [-0.3, -0.25) is 40.7 Å². The number of hydrogen-bond acceptors (Lipinski definition) is 12. The van der Waals surface area contributed by atoms with Crippen molar-refractivity contribution in [2.45, 2.75) is 0 Å². The molecule has 0 saturated carbocycles. The molecular formula is C26H22Cl2N10O11. The summed E-state index contributed by atoms with van der Waals surface area (Å²) in [6.45, 7) is 0. The molecule has 4 rings (SSSR count). The molecule has 0 aliphatic rings. The second-order valence-corrected chi connectivity index (χ2v) is 9.31. The van der Waals surface area contributed by atoms with Gasteiger partial charge in [0.05, 0.1) is 24.6 Å². The predicted octanol–water partition coefficient (Wildman–Crippen LogP) is 2.81. The molecule has 0 bridgehead atoms. The molecule has 0 unspecified atom stereocenters. The zero-order valence-electron chi connectivity index (χ0n) is 24.2. The van der Waals surface area contributed by atoms with Gasteiger partial charge in [-0.05, 0) is 60.7 Å². The molecule has 0 saturated heterocycles. The topological polar surface area (TPSA) is 309 Å². The fourth-order valence-corrected chi connectivity index (χ4v) is 3.21. The van der Waals surface area contributed by atoms with E-state index in [4.69, 9.17) is 32.0 Å². The van der Waals surface area contributed by atoms with Crippen LogP contribution >= 0.6 is 23.2 Å². The Labute approximate surface area is 282 Å². The average Bonchev–Trinajstić information content (AvgIpc) is 3.74. The molecule has 49 heavy (non-hydrogen) atoms. The van der Waals surface area contributed by atoms with Crippen molar-refractivity contribution in [1.29, 1.82) is 0 Å². The number of benzene rings is 2. The lowest BCUT2D eigenvalue weighted by molar-refractivity contribution is -0.402. The van der Waals surface area contributed by atoms with Crippen LogP contribution in [0, 0.1) is 20.2 Å². The van der Waals surface area contributed by atoms with E-state index in [1.54, 1.807) is 0 Å². The predicted molar refractivity (Wildman–Crippen MR) is 171 cm³/mol. The molecule has 21 nitrogen and oxygen atoms in total. The highest BCUT2D eigenvalue weighted by Gasteiger charge is 2.12. The van der Waals surface area contributed by atoms with Gasteiger partial charge in [0.1, 0.15) is 9.85 Å². The highest BCUT2D eigenvalue weighted by molar-refractivity contribution is 6.31. The van der Waals surface area contributed by atoms with Gasteiger partial charge in [-0.15, -0.1) is 0 Å². The number of hydrazone groups is 2. The first-order valence-corrected chi connectivity index (χ1v) is 13.4. The van der Waals surface area contributed by atoms with Gasteiger partial charge in [-0.1, -0.05) is 23.2 Å². The van der Waals surface area contributed by atoms with Gasteiger partial charge in [-0.2, -0.15) is 10.2 Å². The third kappa shape index (κ3) is 13.2. The number of hydrogen-bond donors (Lipinski definition) is 6. The molecule has 2 aromatic heterocycles. The molecular weight excluding hydrogens is 699 g/mol. The van der Waals surface area contributed by atoms with Crippen molar-refractivity contribution >= 4 is 71.3 Å². The second-order valence-electron chi connectivity index (χ2n) is 8.44. The molecule has 8 N–H and O–H groups in total. The highest BCUT2D eigenvalue weighted by atomic mass is 35.5. The SMILES string of the molecule is O.O=C(N/N=C/c1ccc([N+](=O)[O-])o1)NNC(=O)c1ccc(Cl)cc1.O=C(N/N=C/c1ccc([N+](=O)[O-])o1)NNC(=O)c1ccc(Cl)cc1. The van der Waals surface area contributed by atoms with Crippen molar-refractivity contribution in [2.75, 3.05) is 0 Å². The normalized spacial score (nSPS) is 10.2. The number of halogens is 2. The van der Waals surface area contributed by atoms with E-state index in [0.29, 0.717) is 21.2 Å². The Balaban J connectivity index is 0.000000333. The fourth-order valence-electron chi connectivity index (χ4n) is 2.96. The van der Waals surface area contributed by atoms with Crippen LogP contribution in [-0.2, 0) is 0 Å². The summed E-state index contributed by atoms with van der Waals surface area (Å²) in [6, 6.07) is 15.3. The van der Waals surface area contributed by atoms with Crippen LogP contribution in [0.15, 0.2) is 91.8 Å². The first kappa shape index (κ1) is 38.3. The minimum atomic E-state index is -0.824. The molecule has 2 heterocycles. The van der Waals surface area contributed by atoms with Gasteiger partial charge in [0.25, 0.3) is 11.8 Å². The number of nitro groups is 2. The maximum Gasteiger partial charge on any atom is 0.433 e. The van der Waals surface area contributed by atoms with Crippen LogP contribution in [0.3, 0.4) is 0 Å². The lowest BCUT2D eigenvalue weighted by atomic mass is 10.2. The lowest BCUT2D eigenvalue weighted by Crippen LogP contribution is -2.45. The Hall–Kier alpha value is -6.84. The van der Waals surface area contributed by atoms with E-state index < -0.39 is 45.5 Å². The number of hydrazine groups is 2. The van der Waals surface area contributed by atoms with E-state index in [0.717, 1.165) is 24.6 Å². The molecule has 256 valence electrons. The van der Waals surface area contributed by atoms with Gasteiger partial charge in [0.2, 0.25) is 0 Å². The largest absolute Gasteiger partial charge is 0.433 e. The lowest BCUT2D eigenvalue weighted by Gasteiger charge is -2.06. The van der Waals surface area contributed by atoms with Crippen LogP contribution in [0.25, 0.3) is 0 Å². The van der Waals surface area contributed by atoms with Gasteiger partial charge in [0, 0.05) is 21.2 Å². The first-order valence-electron chi connectivity index (χ1n) is 12.7. The number of furan rings is 2. The Morgan fingerprint density at radius 1 is 0.592 bits per heavy atom. The summed E-state index contributed by atoms with van der Waals surface area (Å²) in [4.78, 5) is 65.7. The van der Waals surface area contributed by atoms with Crippen LogP contribution < -0.4 is 32.6 Å². The summed E-state index contributed by atoms with van der Waals surface area (Å²) < 4.78 is 9.58. The smallest absolute Gasteiger partial charge is 0.412 e. The summed E-state index contributed by atoms with van der Waals surface area (Å²) in [7, 11) is 0. The number of nitrogens with zero attached hydrogens (tertiary/aromatic N) is 4. The maximum atomic E-state index is 11.7. The summed E-state index contributed by atoms with van der Waals surface area (Å²) >= 11 is 11.4. The second kappa shape index (κ2) is 19.0. The zero-order valence-corrected chi connectivity index (χ0v) is 25.7. The van der Waals surface area contributed by atoms with E-state index >= 15 is 0 Å². The minimum Gasteiger partial charge on any atom is -0.412 e. The van der Waals surface area contributed by atoms with Gasteiger partial charge >= 0.3 is 23.8 Å². The van der Waals surface area contributed by atoms with Crippen molar-refractivity contribution in [3.05, 3.63) is 126 Å². The summed E-state index contributed by atoms with van der Waals surface area (Å²) in [5.41, 5.74) is 13.1. The Morgan fingerprint density at radius 3 is 1.24 bits per heavy atom. The summed E-state index contributed by atoms with van der Waals surface area (Å²) in [6.07, 6.45) is 2.13. The molecule has 0 radical (unpaired) electrons. The van der Waals surface area contributed by atoms with E-state index in [-0.39, 0.29) is 17.0 Å². The number of rotatable bonds is 8. The van der Waals surface area contributed by atoms with Crippen molar-refractivity contribution in [1.82, 2.24) is 32.6 Å².